The van der Waals surface area contributed by atoms with E-state index in [1.54, 1.807) is 0 Å². The first kappa shape index (κ1) is 35.0. The van der Waals surface area contributed by atoms with Gasteiger partial charge in [-0.3, -0.25) is 0 Å². The van der Waals surface area contributed by atoms with Crippen LogP contribution in [0.25, 0.3) is 27.6 Å². The third-order valence-electron chi connectivity index (χ3n) is 9.45. The Labute approximate surface area is 320 Å². The van der Waals surface area contributed by atoms with Crippen molar-refractivity contribution in [1.82, 2.24) is 9.55 Å². The number of aromatic nitrogens is 2. The van der Waals surface area contributed by atoms with Gasteiger partial charge in [-0.1, -0.05) is 77.4 Å². The Hall–Kier alpha value is -5.37. The monoisotopic (exact) mass is 859 g/mol. The van der Waals surface area contributed by atoms with Crippen LogP contribution in [-0.4, -0.2) is 9.55 Å². The molecule has 0 bridgehead atoms. The van der Waals surface area contributed by atoms with Gasteiger partial charge in [-0.05, 0) is 75.9 Å². The maximum Gasteiger partial charge on any atom is 0.135 e. The van der Waals surface area contributed by atoms with E-state index in [1.807, 2.05) is 54.7 Å². The van der Waals surface area contributed by atoms with Crippen molar-refractivity contribution in [3.05, 3.63) is 151 Å². The van der Waals surface area contributed by atoms with Crippen LogP contribution in [-0.2, 0) is 31.9 Å². The van der Waals surface area contributed by atoms with E-state index < -0.39 is 0 Å². The number of pyridine rings is 1. The smallest absolute Gasteiger partial charge is 0.135 e. The van der Waals surface area contributed by atoms with Crippen LogP contribution in [0, 0.1) is 30.1 Å². The summed E-state index contributed by atoms with van der Waals surface area (Å²) < 4.78 is 8.67. The van der Waals surface area contributed by atoms with E-state index in [0.717, 1.165) is 55.9 Å². The van der Waals surface area contributed by atoms with Crippen molar-refractivity contribution >= 4 is 44.6 Å². The molecule has 2 aromatic heterocycles. The van der Waals surface area contributed by atoms with Crippen LogP contribution < -0.4 is 14.5 Å². The topological polar surface area (TPSA) is 57.3 Å². The minimum absolute atomic E-state index is 0. The Balaban J connectivity index is 0.00000420. The summed E-state index contributed by atoms with van der Waals surface area (Å²) in [7, 11) is 0. The average molecular weight is 860 g/mol. The number of anilines is 4. The minimum Gasteiger partial charge on any atom is -0.509 e. The van der Waals surface area contributed by atoms with Gasteiger partial charge in [0.1, 0.15) is 5.82 Å². The van der Waals surface area contributed by atoms with E-state index >= 15 is 0 Å². The van der Waals surface area contributed by atoms with Crippen molar-refractivity contribution in [2.24, 2.45) is 0 Å². The second-order valence-electron chi connectivity index (χ2n) is 15.1. The van der Waals surface area contributed by atoms with Crippen LogP contribution in [0.2, 0.25) is 0 Å². The molecule has 6 nitrogen and oxygen atoms in total. The minimum atomic E-state index is -0.110. The van der Waals surface area contributed by atoms with Gasteiger partial charge in [-0.25, -0.2) is 4.98 Å². The number of nitriles is 1. The maximum absolute atomic E-state index is 9.87. The number of ether oxygens (including phenoxy) is 1. The summed E-state index contributed by atoms with van der Waals surface area (Å²) in [5, 5.41) is 12.1. The summed E-state index contributed by atoms with van der Waals surface area (Å²) in [6, 6.07) is 46.4. The Bertz CT molecular complexity index is 2500. The summed E-state index contributed by atoms with van der Waals surface area (Å²) in [6.45, 7) is 15.2. The molecule has 0 N–H and O–H groups in total. The van der Waals surface area contributed by atoms with E-state index in [1.165, 1.54) is 5.56 Å². The summed E-state index contributed by atoms with van der Waals surface area (Å²) in [6.07, 6.45) is 1.88. The zero-order valence-corrected chi connectivity index (χ0v) is 32.3. The number of hydrogen-bond donors (Lipinski definition) is 0. The fraction of sp³-hybridized carbons (Fsp3) is 0.178. The van der Waals surface area contributed by atoms with Crippen LogP contribution in [0.5, 0.6) is 11.5 Å². The Morgan fingerprint density at radius 3 is 2.15 bits per heavy atom. The van der Waals surface area contributed by atoms with Crippen LogP contribution >= 0.6 is 0 Å². The Kier molecular flexibility index (Phi) is 8.97. The van der Waals surface area contributed by atoms with Gasteiger partial charge in [0.2, 0.25) is 0 Å². The normalized spacial score (nSPS) is 12.9. The molecule has 1 aliphatic rings. The quantitative estimate of drug-likeness (QED) is 0.161. The predicted molar refractivity (Wildman–Crippen MR) is 206 cm³/mol. The largest absolute Gasteiger partial charge is 0.509 e. The molecule has 0 saturated heterocycles. The van der Waals surface area contributed by atoms with Gasteiger partial charge in [0.15, 0.2) is 0 Å². The first-order chi connectivity index (χ1) is 24.5. The second-order valence-corrected chi connectivity index (χ2v) is 15.1. The Morgan fingerprint density at radius 2 is 1.40 bits per heavy atom. The third kappa shape index (κ3) is 6.35. The van der Waals surface area contributed by atoms with E-state index in [4.69, 9.17) is 9.72 Å². The molecule has 3 heterocycles. The van der Waals surface area contributed by atoms with Crippen molar-refractivity contribution in [3.63, 3.8) is 0 Å². The fourth-order valence-electron chi connectivity index (χ4n) is 6.69. The van der Waals surface area contributed by atoms with Crippen LogP contribution in [0.3, 0.4) is 0 Å². The van der Waals surface area contributed by atoms with Gasteiger partial charge in [0, 0.05) is 61.3 Å². The number of rotatable bonds is 5. The second kappa shape index (κ2) is 13.3. The molecular weight excluding hydrogens is 822 g/mol. The summed E-state index contributed by atoms with van der Waals surface area (Å²) in [5.41, 5.74) is 8.57. The fourth-order valence-corrected chi connectivity index (χ4v) is 6.69. The van der Waals surface area contributed by atoms with Crippen molar-refractivity contribution in [2.75, 3.05) is 9.80 Å². The number of benzene rings is 5. The molecule has 0 amide bonds. The molecule has 0 spiro atoms. The number of fused-ring (bicyclic) bond motifs is 4. The predicted octanol–water partition coefficient (Wildman–Crippen LogP) is 11.4. The molecule has 0 fully saturated rings. The molecule has 5 aromatic carbocycles. The van der Waals surface area contributed by atoms with Crippen molar-refractivity contribution in [2.45, 2.75) is 52.4 Å². The molecule has 0 radical (unpaired) electrons. The van der Waals surface area contributed by atoms with Gasteiger partial charge < -0.3 is 19.1 Å². The molecule has 7 aromatic rings. The van der Waals surface area contributed by atoms with E-state index in [2.05, 4.69) is 141 Å². The van der Waals surface area contributed by atoms with E-state index in [9.17, 15) is 5.26 Å². The zero-order chi connectivity index (χ0) is 35.5. The number of hydrogen-bond acceptors (Lipinski definition) is 5. The molecule has 52 heavy (non-hydrogen) atoms. The number of para-hydroxylation sites is 3. The van der Waals surface area contributed by atoms with Crippen molar-refractivity contribution in [3.8, 4) is 23.4 Å². The molecule has 7 heteroatoms. The van der Waals surface area contributed by atoms with Crippen LogP contribution in [0.15, 0.2) is 115 Å². The average Bonchev–Trinajstić information content (AvgIpc) is 3.67. The standard InChI is InChI=1S/C45H38N5O.Pt/c1-44(2,3)31-20-21-47-43(25-31)50-39-15-8-7-14-37(39)38-19-18-36(27-42(38)50)51-35-13-11-12-33(26-35)48-29-49(41-17-10-9-16-40(41)48)34-23-30(28-46)22-32(24-34)45(4,5)6;/h7-25,29H,1-6H3;/q-3;. The van der Waals surface area contributed by atoms with Gasteiger partial charge >= 0.3 is 0 Å². The summed E-state index contributed by atoms with van der Waals surface area (Å²) in [4.78, 5) is 9.05. The molecule has 1 aliphatic heterocycles. The van der Waals surface area contributed by atoms with Gasteiger partial charge in [0.05, 0.1) is 11.6 Å². The summed E-state index contributed by atoms with van der Waals surface area (Å²) >= 11 is 0. The van der Waals surface area contributed by atoms with Gasteiger partial charge in [0.25, 0.3) is 0 Å². The third-order valence-corrected chi connectivity index (χ3v) is 9.45. The van der Waals surface area contributed by atoms with Crippen LogP contribution in [0.1, 0.15) is 58.2 Å². The zero-order valence-electron chi connectivity index (χ0n) is 30.0. The van der Waals surface area contributed by atoms with Crippen molar-refractivity contribution in [1.29, 1.82) is 5.26 Å². The molecule has 262 valence electrons. The van der Waals surface area contributed by atoms with Crippen molar-refractivity contribution < 1.29 is 25.8 Å². The van der Waals surface area contributed by atoms with Gasteiger partial charge in [-0.2, -0.15) is 17.4 Å². The molecule has 8 rings (SSSR count). The first-order valence-electron chi connectivity index (χ1n) is 17.2. The molecule has 0 unspecified atom stereocenters. The molecular formula is C45H38N5OPt-3. The van der Waals surface area contributed by atoms with E-state index in [0.29, 0.717) is 17.1 Å². The van der Waals surface area contributed by atoms with Gasteiger partial charge in [-0.15, -0.1) is 48.1 Å². The Morgan fingerprint density at radius 1 is 0.692 bits per heavy atom. The molecule has 0 saturated carbocycles. The number of nitrogens with zero attached hydrogens (tertiary/aromatic N) is 5. The molecule has 0 atom stereocenters. The van der Waals surface area contributed by atoms with E-state index in [-0.39, 0.29) is 31.9 Å². The SMILES string of the molecule is CC(C)(C)c1cc(C#N)cc(N2[CH-]N(c3[c-]c(Oc4[c-]c5c(cc4)c4ccccc4n5-c4cc(C(C)(C)C)ccn4)ccc3)c3ccccc32)c1.[Pt]. The maximum atomic E-state index is 9.87. The van der Waals surface area contributed by atoms with Crippen LogP contribution in [0.4, 0.5) is 22.7 Å². The first-order valence-corrected chi connectivity index (χ1v) is 17.2. The molecule has 0 aliphatic carbocycles. The summed E-state index contributed by atoms with van der Waals surface area (Å²) in [5.74, 6) is 2.00.